The van der Waals surface area contributed by atoms with Crippen LogP contribution in [0.15, 0.2) is 0 Å². The van der Waals surface area contributed by atoms with E-state index in [1.807, 2.05) is 20.8 Å². The van der Waals surface area contributed by atoms with Crippen molar-refractivity contribution in [2.75, 3.05) is 0 Å². The minimum absolute atomic E-state index is 0.292. The molecule has 0 aliphatic carbocycles. The van der Waals surface area contributed by atoms with Gasteiger partial charge < -0.3 is 15.2 Å². The van der Waals surface area contributed by atoms with Crippen molar-refractivity contribution in [1.29, 1.82) is 0 Å². The fourth-order valence-electron chi connectivity index (χ4n) is 0.950. The minimum Gasteiger partial charge on any atom is -0.479 e. The minimum atomic E-state index is -1.07. The number of hydrogen-bond donors (Lipinski definition) is 2. The Kier molecular flexibility index (Phi) is 5.44. The van der Waals surface area contributed by atoms with E-state index in [2.05, 4.69) is 5.32 Å². The Morgan fingerprint density at radius 1 is 1.31 bits per heavy atom. The number of nitrogens with one attached hydrogen (secondary N) is 1. The summed E-state index contributed by atoms with van der Waals surface area (Å²) < 4.78 is 5.05. The fourth-order valence-corrected chi connectivity index (χ4v) is 0.950. The van der Waals surface area contributed by atoms with Gasteiger partial charge >= 0.3 is 5.97 Å². The normalized spacial score (nSPS) is 15.3. The Bertz CT molecular complexity index is 263. The van der Waals surface area contributed by atoms with E-state index in [0.29, 0.717) is 0 Å². The molecule has 0 heterocycles. The van der Waals surface area contributed by atoms with Crippen LogP contribution in [0.5, 0.6) is 0 Å². The maximum Gasteiger partial charge on any atom is 0.332 e. The van der Waals surface area contributed by atoms with Gasteiger partial charge in [0.2, 0.25) is 5.91 Å². The van der Waals surface area contributed by atoms with E-state index >= 15 is 0 Å². The molecule has 0 aromatic carbocycles. The average Bonchev–Trinajstić information content (AvgIpc) is 2.16. The molecule has 0 aromatic rings. The van der Waals surface area contributed by atoms with E-state index < -0.39 is 18.2 Å². The van der Waals surface area contributed by atoms with Crippen molar-refractivity contribution < 1.29 is 19.4 Å². The quantitative estimate of drug-likeness (QED) is 0.719. The zero-order chi connectivity index (χ0) is 12.9. The van der Waals surface area contributed by atoms with Crippen molar-refractivity contribution >= 4 is 11.9 Å². The molecule has 0 aromatic heterocycles. The number of carboxylic acid groups (broad SMARTS) is 1. The zero-order valence-electron chi connectivity index (χ0n) is 10.5. The van der Waals surface area contributed by atoms with Crippen molar-refractivity contribution in [3.05, 3.63) is 0 Å². The molecule has 5 heteroatoms. The third kappa shape index (κ3) is 5.11. The third-order valence-electron chi connectivity index (χ3n) is 2.47. The van der Waals surface area contributed by atoms with Gasteiger partial charge in [-0.2, -0.15) is 0 Å². The summed E-state index contributed by atoms with van der Waals surface area (Å²) in [4.78, 5) is 22.2. The van der Waals surface area contributed by atoms with E-state index in [0.717, 1.165) is 6.42 Å². The summed E-state index contributed by atoms with van der Waals surface area (Å²) in [6.45, 7) is 8.71. The summed E-state index contributed by atoms with van der Waals surface area (Å²) in [6, 6.07) is 0. The van der Waals surface area contributed by atoms with Crippen LogP contribution in [0.2, 0.25) is 0 Å². The standard InChI is InChI=1S/C11H21NO4/c1-6-11(4,5)12-9(13)7(2)16-8(3)10(14)15/h7-8H,6H2,1-5H3,(H,12,13)(H,14,15)/t7?,8-/m0/s1. The molecule has 5 nitrogen and oxygen atoms in total. The van der Waals surface area contributed by atoms with Crippen molar-refractivity contribution in [2.24, 2.45) is 0 Å². The van der Waals surface area contributed by atoms with E-state index in [1.54, 1.807) is 6.92 Å². The van der Waals surface area contributed by atoms with E-state index in [4.69, 9.17) is 9.84 Å². The second-order valence-corrected chi connectivity index (χ2v) is 4.49. The average molecular weight is 231 g/mol. The Morgan fingerprint density at radius 3 is 2.19 bits per heavy atom. The van der Waals surface area contributed by atoms with Gasteiger partial charge in [-0.1, -0.05) is 6.92 Å². The van der Waals surface area contributed by atoms with Gasteiger partial charge in [-0.15, -0.1) is 0 Å². The summed E-state index contributed by atoms with van der Waals surface area (Å²) >= 11 is 0. The molecule has 0 aliphatic rings. The van der Waals surface area contributed by atoms with Gasteiger partial charge in [-0.25, -0.2) is 4.79 Å². The summed E-state index contributed by atoms with van der Waals surface area (Å²) in [6.07, 6.45) is -0.956. The predicted octanol–water partition coefficient (Wildman–Crippen LogP) is 1.17. The van der Waals surface area contributed by atoms with Crippen molar-refractivity contribution in [3.8, 4) is 0 Å². The Hall–Kier alpha value is -1.10. The molecule has 0 rings (SSSR count). The Morgan fingerprint density at radius 2 is 1.81 bits per heavy atom. The molecule has 1 amide bonds. The highest BCUT2D eigenvalue weighted by atomic mass is 16.5. The van der Waals surface area contributed by atoms with Gasteiger partial charge in [0.05, 0.1) is 0 Å². The highest BCUT2D eigenvalue weighted by Crippen LogP contribution is 2.08. The van der Waals surface area contributed by atoms with Crippen molar-refractivity contribution in [1.82, 2.24) is 5.32 Å². The van der Waals surface area contributed by atoms with Crippen LogP contribution >= 0.6 is 0 Å². The molecule has 0 spiro atoms. The smallest absolute Gasteiger partial charge is 0.332 e. The van der Waals surface area contributed by atoms with Crippen LogP contribution in [-0.2, 0) is 14.3 Å². The van der Waals surface area contributed by atoms with Crippen molar-refractivity contribution in [3.63, 3.8) is 0 Å². The second-order valence-electron chi connectivity index (χ2n) is 4.49. The first-order valence-corrected chi connectivity index (χ1v) is 5.40. The largest absolute Gasteiger partial charge is 0.479 e. The topological polar surface area (TPSA) is 75.6 Å². The number of aliphatic carboxylic acids is 1. The molecule has 1 unspecified atom stereocenters. The first-order valence-electron chi connectivity index (χ1n) is 5.40. The van der Waals surface area contributed by atoms with Gasteiger partial charge in [0.15, 0.2) is 6.10 Å². The first-order chi connectivity index (χ1) is 7.19. The maximum absolute atomic E-state index is 11.6. The zero-order valence-corrected chi connectivity index (χ0v) is 10.5. The molecule has 2 atom stereocenters. The molecule has 94 valence electrons. The summed E-state index contributed by atoms with van der Waals surface area (Å²) in [7, 11) is 0. The highest BCUT2D eigenvalue weighted by molar-refractivity contribution is 5.81. The lowest BCUT2D eigenvalue weighted by atomic mass is 10.0. The van der Waals surface area contributed by atoms with Crippen molar-refractivity contribution in [2.45, 2.75) is 58.8 Å². The van der Waals surface area contributed by atoms with Gasteiger partial charge in [0, 0.05) is 5.54 Å². The fraction of sp³-hybridized carbons (Fsp3) is 0.818. The van der Waals surface area contributed by atoms with Gasteiger partial charge in [-0.05, 0) is 34.1 Å². The van der Waals surface area contributed by atoms with E-state index in [9.17, 15) is 9.59 Å². The van der Waals surface area contributed by atoms with Crippen LogP contribution in [0, 0.1) is 0 Å². The molecular weight excluding hydrogens is 210 g/mol. The lowest BCUT2D eigenvalue weighted by molar-refractivity contribution is -0.156. The number of amides is 1. The number of carbonyl (C=O) groups excluding carboxylic acids is 1. The molecule has 0 aliphatic heterocycles. The number of rotatable bonds is 6. The molecule has 16 heavy (non-hydrogen) atoms. The third-order valence-corrected chi connectivity index (χ3v) is 2.47. The van der Waals surface area contributed by atoms with Crippen LogP contribution in [0.1, 0.15) is 41.0 Å². The second kappa shape index (κ2) is 5.84. The van der Waals surface area contributed by atoms with Crippen LogP contribution in [0.4, 0.5) is 0 Å². The monoisotopic (exact) mass is 231 g/mol. The Labute approximate surface area is 96.2 Å². The summed E-state index contributed by atoms with van der Waals surface area (Å²) in [5.74, 6) is -1.37. The summed E-state index contributed by atoms with van der Waals surface area (Å²) in [5, 5.41) is 11.4. The lowest BCUT2D eigenvalue weighted by Crippen LogP contribution is -2.48. The first kappa shape index (κ1) is 14.9. The van der Waals surface area contributed by atoms with Gasteiger partial charge in [0.1, 0.15) is 6.10 Å². The van der Waals surface area contributed by atoms with Gasteiger partial charge in [0.25, 0.3) is 0 Å². The number of carboxylic acids is 1. The molecule has 2 N–H and O–H groups in total. The molecule has 0 fully saturated rings. The SMILES string of the molecule is CCC(C)(C)NC(=O)C(C)O[C@@H](C)C(=O)O. The van der Waals surface area contributed by atoms with Gasteiger partial charge in [-0.3, -0.25) is 4.79 Å². The van der Waals surface area contributed by atoms with Crippen LogP contribution in [0.3, 0.4) is 0 Å². The van der Waals surface area contributed by atoms with Crippen LogP contribution in [0.25, 0.3) is 0 Å². The summed E-state index contributed by atoms with van der Waals surface area (Å²) in [5.41, 5.74) is -0.304. The molecule has 0 saturated heterocycles. The highest BCUT2D eigenvalue weighted by Gasteiger charge is 2.25. The Balaban J connectivity index is 4.25. The van der Waals surface area contributed by atoms with E-state index in [1.165, 1.54) is 6.92 Å². The van der Waals surface area contributed by atoms with Crippen LogP contribution < -0.4 is 5.32 Å². The van der Waals surface area contributed by atoms with Crippen LogP contribution in [-0.4, -0.2) is 34.7 Å². The molecule has 0 bridgehead atoms. The molecule has 0 radical (unpaired) electrons. The molecule has 0 saturated carbocycles. The number of ether oxygens (including phenoxy) is 1. The number of carbonyl (C=O) groups is 2. The molecular formula is C11H21NO4. The van der Waals surface area contributed by atoms with E-state index in [-0.39, 0.29) is 11.4 Å². The maximum atomic E-state index is 11.6. The lowest BCUT2D eigenvalue weighted by Gasteiger charge is -2.27. The number of hydrogen-bond acceptors (Lipinski definition) is 3. The predicted molar refractivity (Wildman–Crippen MR) is 60.2 cm³/mol.